The van der Waals surface area contributed by atoms with Crippen LogP contribution in [0.1, 0.15) is 32.7 Å². The fraction of sp³-hybridized carbons (Fsp3) is 0.800. The summed E-state index contributed by atoms with van der Waals surface area (Å²) in [7, 11) is 0. The third-order valence-electron chi connectivity index (χ3n) is 3.02. The van der Waals surface area contributed by atoms with Crippen LogP contribution in [-0.4, -0.2) is 38.8 Å². The lowest BCUT2D eigenvalue weighted by molar-refractivity contribution is 0.143. The van der Waals surface area contributed by atoms with E-state index < -0.39 is 0 Å². The van der Waals surface area contributed by atoms with Crippen molar-refractivity contribution in [2.75, 3.05) is 13.1 Å². The fourth-order valence-electron chi connectivity index (χ4n) is 2.09. The molecule has 1 fully saturated rings. The van der Waals surface area contributed by atoms with Gasteiger partial charge in [0.15, 0.2) is 0 Å². The summed E-state index contributed by atoms with van der Waals surface area (Å²) in [6, 6.07) is 1.22. The molecular formula is C10H18N4. The lowest BCUT2D eigenvalue weighted by atomic mass is 10.0. The molecule has 2 heterocycles. The maximum atomic E-state index is 3.86. The van der Waals surface area contributed by atoms with E-state index in [1.165, 1.54) is 19.4 Å². The summed E-state index contributed by atoms with van der Waals surface area (Å²) in [5.74, 6) is 0. The van der Waals surface area contributed by atoms with E-state index in [1.54, 1.807) is 0 Å². The van der Waals surface area contributed by atoms with Crippen LogP contribution in [0.3, 0.4) is 0 Å². The number of hydrogen-bond acceptors (Lipinski definition) is 3. The highest BCUT2D eigenvalue weighted by atomic mass is 15.3. The van der Waals surface area contributed by atoms with Crippen LogP contribution in [0.5, 0.6) is 0 Å². The summed E-state index contributed by atoms with van der Waals surface area (Å²) in [6.45, 7) is 6.88. The van der Waals surface area contributed by atoms with Gasteiger partial charge in [0, 0.05) is 18.6 Å². The van der Waals surface area contributed by atoms with Crippen LogP contribution in [0.15, 0.2) is 12.7 Å². The maximum Gasteiger partial charge on any atom is 0.119 e. The van der Waals surface area contributed by atoms with Crippen molar-refractivity contribution in [1.82, 2.24) is 19.7 Å². The summed E-state index contributed by atoms with van der Waals surface area (Å²) < 4.78 is 2.13. The van der Waals surface area contributed by atoms with E-state index in [1.807, 2.05) is 12.7 Å². The van der Waals surface area contributed by atoms with Crippen molar-refractivity contribution in [1.29, 1.82) is 0 Å². The third-order valence-corrected chi connectivity index (χ3v) is 3.02. The molecule has 4 heteroatoms. The molecule has 1 aromatic heterocycles. The van der Waals surface area contributed by atoms with Gasteiger partial charge in [-0.25, -0.2) is 0 Å². The normalized spacial score (nSPS) is 24.4. The lowest BCUT2D eigenvalue weighted by Gasteiger charge is -2.35. The van der Waals surface area contributed by atoms with E-state index in [-0.39, 0.29) is 0 Å². The highest BCUT2D eigenvalue weighted by Gasteiger charge is 2.22. The average molecular weight is 194 g/mol. The Bertz CT molecular complexity index is 268. The van der Waals surface area contributed by atoms with Crippen molar-refractivity contribution in [2.45, 2.75) is 38.8 Å². The standard InChI is InChI=1S/C10H18N4/c1-9(2)13-5-3-4-10(6-13)14-7-11-12-8-14/h7-10H,3-6H2,1-2H3/t10-/m1/s1. The van der Waals surface area contributed by atoms with E-state index in [0.717, 1.165) is 6.54 Å². The van der Waals surface area contributed by atoms with Crippen LogP contribution in [0.2, 0.25) is 0 Å². The quantitative estimate of drug-likeness (QED) is 0.712. The molecule has 0 unspecified atom stereocenters. The summed E-state index contributed by atoms with van der Waals surface area (Å²) in [5, 5.41) is 7.72. The van der Waals surface area contributed by atoms with Crippen LogP contribution in [0.25, 0.3) is 0 Å². The zero-order chi connectivity index (χ0) is 9.97. The minimum atomic E-state index is 0.571. The molecule has 0 N–H and O–H groups in total. The highest BCUT2D eigenvalue weighted by molar-refractivity contribution is 4.81. The van der Waals surface area contributed by atoms with Gasteiger partial charge in [-0.05, 0) is 33.2 Å². The van der Waals surface area contributed by atoms with Crippen LogP contribution in [-0.2, 0) is 0 Å². The summed E-state index contributed by atoms with van der Waals surface area (Å²) in [4.78, 5) is 2.52. The number of piperidine rings is 1. The molecule has 0 aromatic carbocycles. The van der Waals surface area contributed by atoms with E-state index in [2.05, 4.69) is 33.5 Å². The van der Waals surface area contributed by atoms with Crippen molar-refractivity contribution in [2.24, 2.45) is 0 Å². The van der Waals surface area contributed by atoms with Gasteiger partial charge in [0.25, 0.3) is 0 Å². The second-order valence-electron chi connectivity index (χ2n) is 4.29. The number of aromatic nitrogens is 3. The zero-order valence-electron chi connectivity index (χ0n) is 8.93. The Labute approximate surface area is 84.9 Å². The van der Waals surface area contributed by atoms with Gasteiger partial charge in [-0.15, -0.1) is 10.2 Å². The molecule has 1 aliphatic rings. The molecule has 0 aliphatic carbocycles. The summed E-state index contributed by atoms with van der Waals surface area (Å²) >= 11 is 0. The topological polar surface area (TPSA) is 34.0 Å². The van der Waals surface area contributed by atoms with Gasteiger partial charge in [-0.3, -0.25) is 4.90 Å². The Hall–Kier alpha value is -0.900. The van der Waals surface area contributed by atoms with Gasteiger partial charge < -0.3 is 4.57 Å². The van der Waals surface area contributed by atoms with Crippen LogP contribution >= 0.6 is 0 Å². The monoisotopic (exact) mass is 194 g/mol. The Morgan fingerprint density at radius 1 is 1.29 bits per heavy atom. The van der Waals surface area contributed by atoms with E-state index in [9.17, 15) is 0 Å². The summed E-state index contributed by atoms with van der Waals surface area (Å²) in [6.07, 6.45) is 6.19. The number of likely N-dealkylation sites (tertiary alicyclic amines) is 1. The van der Waals surface area contributed by atoms with E-state index in [0.29, 0.717) is 12.1 Å². The maximum absolute atomic E-state index is 3.86. The van der Waals surface area contributed by atoms with Crippen molar-refractivity contribution in [3.05, 3.63) is 12.7 Å². The molecule has 1 saturated heterocycles. The largest absolute Gasteiger partial charge is 0.316 e. The Morgan fingerprint density at radius 2 is 2.00 bits per heavy atom. The average Bonchev–Trinajstić information content (AvgIpc) is 2.71. The molecule has 1 aromatic rings. The molecule has 78 valence electrons. The molecule has 1 aliphatic heterocycles. The minimum Gasteiger partial charge on any atom is -0.316 e. The summed E-state index contributed by atoms with van der Waals surface area (Å²) in [5.41, 5.74) is 0. The molecule has 4 nitrogen and oxygen atoms in total. The molecule has 0 bridgehead atoms. The Balaban J connectivity index is 2.01. The molecule has 2 rings (SSSR count). The molecule has 0 saturated carbocycles. The van der Waals surface area contributed by atoms with Gasteiger partial charge in [0.05, 0.1) is 0 Å². The van der Waals surface area contributed by atoms with Gasteiger partial charge in [0.2, 0.25) is 0 Å². The predicted octanol–water partition coefficient (Wildman–Crippen LogP) is 1.32. The van der Waals surface area contributed by atoms with Crippen molar-refractivity contribution in [3.63, 3.8) is 0 Å². The Morgan fingerprint density at radius 3 is 2.64 bits per heavy atom. The van der Waals surface area contributed by atoms with Crippen molar-refractivity contribution >= 4 is 0 Å². The number of hydrogen-bond donors (Lipinski definition) is 0. The molecule has 0 amide bonds. The predicted molar refractivity (Wildman–Crippen MR) is 55.0 cm³/mol. The SMILES string of the molecule is CC(C)N1CCC[C@@H](n2cnnc2)C1. The minimum absolute atomic E-state index is 0.571. The Kier molecular flexibility index (Phi) is 2.82. The first-order valence-electron chi connectivity index (χ1n) is 5.35. The van der Waals surface area contributed by atoms with Gasteiger partial charge >= 0.3 is 0 Å². The number of nitrogens with zero attached hydrogens (tertiary/aromatic N) is 4. The third kappa shape index (κ3) is 1.95. The first-order valence-corrected chi connectivity index (χ1v) is 5.35. The fourth-order valence-corrected chi connectivity index (χ4v) is 2.09. The molecule has 0 radical (unpaired) electrons. The first-order chi connectivity index (χ1) is 6.77. The van der Waals surface area contributed by atoms with Gasteiger partial charge in [-0.2, -0.15) is 0 Å². The zero-order valence-corrected chi connectivity index (χ0v) is 8.93. The van der Waals surface area contributed by atoms with Crippen LogP contribution < -0.4 is 0 Å². The van der Waals surface area contributed by atoms with E-state index >= 15 is 0 Å². The highest BCUT2D eigenvalue weighted by Crippen LogP contribution is 2.21. The van der Waals surface area contributed by atoms with Gasteiger partial charge in [0.1, 0.15) is 12.7 Å². The molecule has 14 heavy (non-hydrogen) atoms. The van der Waals surface area contributed by atoms with Gasteiger partial charge in [-0.1, -0.05) is 0 Å². The first kappa shape index (κ1) is 9.65. The lowest BCUT2D eigenvalue weighted by Crippen LogP contribution is -2.40. The van der Waals surface area contributed by atoms with Crippen molar-refractivity contribution in [3.8, 4) is 0 Å². The number of rotatable bonds is 2. The molecule has 0 spiro atoms. The second-order valence-corrected chi connectivity index (χ2v) is 4.29. The molecule has 1 atom stereocenters. The second kappa shape index (κ2) is 4.09. The smallest absolute Gasteiger partial charge is 0.119 e. The van der Waals surface area contributed by atoms with E-state index in [4.69, 9.17) is 0 Å². The van der Waals surface area contributed by atoms with Crippen molar-refractivity contribution < 1.29 is 0 Å². The van der Waals surface area contributed by atoms with Crippen LogP contribution in [0, 0.1) is 0 Å². The molecular weight excluding hydrogens is 176 g/mol. The van der Waals surface area contributed by atoms with Crippen LogP contribution in [0.4, 0.5) is 0 Å².